The zero-order valence-electron chi connectivity index (χ0n) is 8.67. The molecule has 1 aromatic rings. The van der Waals surface area contributed by atoms with Gasteiger partial charge >= 0.3 is 0 Å². The summed E-state index contributed by atoms with van der Waals surface area (Å²) in [4.78, 5) is 15.7. The first-order valence-electron chi connectivity index (χ1n) is 4.65. The van der Waals surface area contributed by atoms with E-state index in [0.29, 0.717) is 12.8 Å². The van der Waals surface area contributed by atoms with E-state index in [4.69, 9.17) is 0 Å². The minimum atomic E-state index is 0.248. The van der Waals surface area contributed by atoms with Crippen LogP contribution in [0.2, 0.25) is 0 Å². The maximum Gasteiger partial charge on any atom is 0.139 e. The molecule has 3 heteroatoms. The Bertz CT molecular complexity index is 341. The average molecular weight is 209 g/mol. The molecule has 1 aromatic heterocycles. The lowest BCUT2D eigenvalue weighted by Gasteiger charge is -1.97. The number of hydrogen-bond donors (Lipinski definition) is 0. The summed E-state index contributed by atoms with van der Waals surface area (Å²) in [6.07, 6.45) is 1.85. The van der Waals surface area contributed by atoms with Gasteiger partial charge in [0.05, 0.1) is 10.7 Å². The standard InChI is InChI=1S/C11H15NOS/c1-8(2)4-5-11(13)6-10-7-14-9(3)12-10/h7H,1,4-6H2,2-3H3. The SMILES string of the molecule is C=C(C)CCC(=O)Cc1csc(C)n1. The number of carbonyl (C=O) groups is 1. The second kappa shape index (κ2) is 5.05. The molecule has 1 rings (SSSR count). The number of rotatable bonds is 5. The third-order valence-corrected chi connectivity index (χ3v) is 2.70. The van der Waals surface area contributed by atoms with E-state index in [9.17, 15) is 4.79 Å². The number of thiazole rings is 1. The summed E-state index contributed by atoms with van der Waals surface area (Å²) in [6, 6.07) is 0. The van der Waals surface area contributed by atoms with Gasteiger partial charge in [-0.15, -0.1) is 17.9 Å². The van der Waals surface area contributed by atoms with Crippen LogP contribution in [0, 0.1) is 6.92 Å². The van der Waals surface area contributed by atoms with Gasteiger partial charge in [0.15, 0.2) is 0 Å². The third-order valence-electron chi connectivity index (χ3n) is 1.88. The molecule has 76 valence electrons. The van der Waals surface area contributed by atoms with Crippen molar-refractivity contribution in [2.45, 2.75) is 33.1 Å². The van der Waals surface area contributed by atoms with Crippen LogP contribution in [-0.2, 0) is 11.2 Å². The Kier molecular flexibility index (Phi) is 4.01. The number of nitrogens with zero attached hydrogens (tertiary/aromatic N) is 1. The number of ketones is 1. The lowest BCUT2D eigenvalue weighted by Crippen LogP contribution is -2.02. The molecule has 0 radical (unpaired) electrons. The highest BCUT2D eigenvalue weighted by molar-refractivity contribution is 7.09. The Morgan fingerprint density at radius 3 is 2.79 bits per heavy atom. The predicted molar refractivity (Wildman–Crippen MR) is 59.6 cm³/mol. The van der Waals surface area contributed by atoms with E-state index in [1.165, 1.54) is 0 Å². The minimum Gasteiger partial charge on any atom is -0.299 e. The highest BCUT2D eigenvalue weighted by Crippen LogP contribution is 2.10. The summed E-state index contributed by atoms with van der Waals surface area (Å²) < 4.78 is 0. The Morgan fingerprint density at radius 2 is 2.29 bits per heavy atom. The van der Waals surface area contributed by atoms with Gasteiger partial charge in [-0.3, -0.25) is 4.79 Å². The van der Waals surface area contributed by atoms with Gasteiger partial charge in [-0.1, -0.05) is 5.57 Å². The van der Waals surface area contributed by atoms with Crippen molar-refractivity contribution in [1.29, 1.82) is 0 Å². The molecule has 0 atom stereocenters. The fourth-order valence-corrected chi connectivity index (χ4v) is 1.75. The van der Waals surface area contributed by atoms with Crippen LogP contribution in [0.15, 0.2) is 17.5 Å². The Balaban J connectivity index is 2.37. The molecule has 0 saturated heterocycles. The van der Waals surface area contributed by atoms with Crippen molar-refractivity contribution >= 4 is 17.1 Å². The lowest BCUT2D eigenvalue weighted by molar-refractivity contribution is -0.118. The zero-order chi connectivity index (χ0) is 10.6. The van der Waals surface area contributed by atoms with E-state index >= 15 is 0 Å². The fourth-order valence-electron chi connectivity index (χ4n) is 1.13. The molecule has 0 bridgehead atoms. The van der Waals surface area contributed by atoms with Gasteiger partial charge in [0.25, 0.3) is 0 Å². The van der Waals surface area contributed by atoms with Gasteiger partial charge in [-0.05, 0) is 20.3 Å². The van der Waals surface area contributed by atoms with E-state index < -0.39 is 0 Å². The monoisotopic (exact) mass is 209 g/mol. The molecule has 0 saturated carbocycles. The first-order valence-corrected chi connectivity index (χ1v) is 5.53. The molecular formula is C11H15NOS. The predicted octanol–water partition coefficient (Wildman–Crippen LogP) is 2.92. The molecule has 0 unspecified atom stereocenters. The van der Waals surface area contributed by atoms with Crippen LogP contribution in [0.25, 0.3) is 0 Å². The van der Waals surface area contributed by atoms with Gasteiger partial charge in [0, 0.05) is 18.2 Å². The van der Waals surface area contributed by atoms with Crippen LogP contribution in [0.1, 0.15) is 30.5 Å². The van der Waals surface area contributed by atoms with E-state index in [2.05, 4.69) is 11.6 Å². The van der Waals surface area contributed by atoms with Crippen molar-refractivity contribution in [1.82, 2.24) is 4.98 Å². The third kappa shape index (κ3) is 3.83. The van der Waals surface area contributed by atoms with Gasteiger partial charge < -0.3 is 0 Å². The number of Topliss-reactive ketones (excluding diaryl/α,β-unsaturated/α-hetero) is 1. The average Bonchev–Trinajstić information content (AvgIpc) is 2.48. The molecule has 0 aliphatic carbocycles. The quantitative estimate of drug-likeness (QED) is 0.698. The van der Waals surface area contributed by atoms with Crippen LogP contribution in [0.3, 0.4) is 0 Å². The van der Waals surface area contributed by atoms with Crippen LogP contribution in [0.5, 0.6) is 0 Å². The summed E-state index contributed by atoms with van der Waals surface area (Å²) in [6.45, 7) is 7.67. The molecule has 0 aromatic carbocycles. The molecule has 0 fully saturated rings. The smallest absolute Gasteiger partial charge is 0.139 e. The number of aromatic nitrogens is 1. The van der Waals surface area contributed by atoms with E-state index in [1.54, 1.807) is 11.3 Å². The van der Waals surface area contributed by atoms with Crippen LogP contribution in [-0.4, -0.2) is 10.8 Å². The van der Waals surface area contributed by atoms with Crippen molar-refractivity contribution < 1.29 is 4.79 Å². The number of allylic oxidation sites excluding steroid dienone is 1. The summed E-state index contributed by atoms with van der Waals surface area (Å²) in [5, 5.41) is 2.97. The highest BCUT2D eigenvalue weighted by atomic mass is 32.1. The molecule has 1 heterocycles. The van der Waals surface area contributed by atoms with Gasteiger partial charge in [0.2, 0.25) is 0 Å². The highest BCUT2D eigenvalue weighted by Gasteiger charge is 2.06. The molecular weight excluding hydrogens is 194 g/mol. The summed E-state index contributed by atoms with van der Waals surface area (Å²) in [5.74, 6) is 0.248. The normalized spacial score (nSPS) is 10.1. The van der Waals surface area contributed by atoms with Crippen molar-refractivity contribution in [2.75, 3.05) is 0 Å². The van der Waals surface area contributed by atoms with E-state index in [0.717, 1.165) is 22.7 Å². The fraction of sp³-hybridized carbons (Fsp3) is 0.455. The van der Waals surface area contributed by atoms with Crippen LogP contribution in [0.4, 0.5) is 0 Å². The zero-order valence-corrected chi connectivity index (χ0v) is 9.49. The van der Waals surface area contributed by atoms with Crippen molar-refractivity contribution in [2.24, 2.45) is 0 Å². The van der Waals surface area contributed by atoms with Gasteiger partial charge in [0.1, 0.15) is 5.78 Å². The molecule has 0 aliphatic heterocycles. The molecule has 0 amide bonds. The largest absolute Gasteiger partial charge is 0.299 e. The first kappa shape index (κ1) is 11.1. The molecule has 0 spiro atoms. The molecule has 14 heavy (non-hydrogen) atoms. The Morgan fingerprint density at radius 1 is 1.57 bits per heavy atom. The number of hydrogen-bond acceptors (Lipinski definition) is 3. The van der Waals surface area contributed by atoms with E-state index in [1.807, 2.05) is 19.2 Å². The maximum atomic E-state index is 11.4. The number of aryl methyl sites for hydroxylation is 1. The van der Waals surface area contributed by atoms with Gasteiger partial charge in [-0.2, -0.15) is 0 Å². The van der Waals surface area contributed by atoms with Crippen molar-refractivity contribution in [3.05, 3.63) is 28.2 Å². The topological polar surface area (TPSA) is 30.0 Å². The van der Waals surface area contributed by atoms with E-state index in [-0.39, 0.29) is 5.78 Å². The van der Waals surface area contributed by atoms with Crippen molar-refractivity contribution in [3.8, 4) is 0 Å². The second-order valence-corrected chi connectivity index (χ2v) is 4.59. The molecule has 0 N–H and O–H groups in total. The summed E-state index contributed by atoms with van der Waals surface area (Å²) >= 11 is 1.59. The number of carbonyl (C=O) groups excluding carboxylic acids is 1. The Hall–Kier alpha value is -0.960. The van der Waals surface area contributed by atoms with Crippen LogP contribution >= 0.6 is 11.3 Å². The Labute approximate surface area is 88.7 Å². The van der Waals surface area contributed by atoms with Crippen LogP contribution < -0.4 is 0 Å². The summed E-state index contributed by atoms with van der Waals surface area (Å²) in [5.41, 5.74) is 1.96. The second-order valence-electron chi connectivity index (χ2n) is 3.53. The molecule has 0 aliphatic rings. The van der Waals surface area contributed by atoms with Crippen molar-refractivity contribution in [3.63, 3.8) is 0 Å². The summed E-state index contributed by atoms with van der Waals surface area (Å²) in [7, 11) is 0. The molecule has 2 nitrogen and oxygen atoms in total. The lowest BCUT2D eigenvalue weighted by atomic mass is 10.1. The maximum absolute atomic E-state index is 11.4. The minimum absolute atomic E-state index is 0.248. The van der Waals surface area contributed by atoms with Gasteiger partial charge in [-0.25, -0.2) is 4.98 Å². The first-order chi connectivity index (χ1) is 6.58.